The summed E-state index contributed by atoms with van der Waals surface area (Å²) in [5.74, 6) is -0.379. The molecule has 0 spiro atoms. The summed E-state index contributed by atoms with van der Waals surface area (Å²) in [6.45, 7) is 5.52. The number of nitrogens with one attached hydrogen (secondary N) is 3. The fraction of sp³-hybridized carbons (Fsp3) is 0.211. The van der Waals surface area contributed by atoms with E-state index < -0.39 is 33.7 Å². The van der Waals surface area contributed by atoms with Crippen molar-refractivity contribution in [2.75, 3.05) is 6.54 Å². The van der Waals surface area contributed by atoms with E-state index in [1.807, 2.05) is 30.3 Å². The minimum absolute atomic E-state index is 0.0305. The molecule has 0 aliphatic rings. The summed E-state index contributed by atoms with van der Waals surface area (Å²) in [7, 11) is -4.15. The van der Waals surface area contributed by atoms with E-state index >= 15 is 0 Å². The van der Waals surface area contributed by atoms with Crippen LogP contribution >= 0.6 is 11.3 Å². The maximum absolute atomic E-state index is 13.9. The van der Waals surface area contributed by atoms with Gasteiger partial charge >= 0.3 is 6.09 Å². The number of alkyl carbamates (subject to hydrolysis) is 1. The molecule has 52 heavy (non-hydrogen) atoms. The van der Waals surface area contributed by atoms with Crippen LogP contribution < -0.4 is 16.0 Å². The molecular weight excluding hydrogens is 703 g/mol. The van der Waals surface area contributed by atoms with Crippen molar-refractivity contribution in [2.24, 2.45) is 0 Å². The number of carbonyl (C=O) groups is 3. The molecule has 4 aromatic heterocycles. The first-order valence-electron chi connectivity index (χ1n) is 16.4. The van der Waals surface area contributed by atoms with Gasteiger partial charge in [-0.25, -0.2) is 22.2 Å². The van der Waals surface area contributed by atoms with Crippen LogP contribution in [0.1, 0.15) is 52.1 Å². The van der Waals surface area contributed by atoms with Crippen LogP contribution in [0, 0.1) is 0 Å². The molecule has 6 aromatic rings. The Bertz CT molecular complexity index is 2290. The van der Waals surface area contributed by atoms with Gasteiger partial charge in [0.05, 0.1) is 34.2 Å². The average molecular weight is 740 g/mol. The van der Waals surface area contributed by atoms with Gasteiger partial charge in [0.15, 0.2) is 5.65 Å². The Labute approximate surface area is 304 Å². The first-order chi connectivity index (χ1) is 24.9. The summed E-state index contributed by atoms with van der Waals surface area (Å²) in [5, 5.41) is 8.90. The molecule has 0 bridgehead atoms. The van der Waals surface area contributed by atoms with Gasteiger partial charge in [-0.3, -0.25) is 9.59 Å². The average Bonchev–Trinajstić information content (AvgIpc) is 3.91. The molecule has 6 rings (SSSR count). The van der Waals surface area contributed by atoms with Crippen LogP contribution in [0.15, 0.2) is 119 Å². The lowest BCUT2D eigenvalue weighted by molar-refractivity contribution is 0.0519. The topological polar surface area (TPSA) is 162 Å². The number of nitrogens with zero attached hydrogens (tertiary/aromatic N) is 2. The number of hydrogen-bond acceptors (Lipinski definition) is 9. The molecule has 12 nitrogen and oxygen atoms in total. The van der Waals surface area contributed by atoms with Gasteiger partial charge in [-0.2, -0.15) is 0 Å². The fourth-order valence-electron chi connectivity index (χ4n) is 5.52. The largest absolute Gasteiger partial charge is 0.467 e. The molecule has 0 radical (unpaired) electrons. The van der Waals surface area contributed by atoms with Crippen molar-refractivity contribution in [1.82, 2.24) is 24.9 Å². The van der Waals surface area contributed by atoms with Crippen LogP contribution in [0.3, 0.4) is 0 Å². The predicted octanol–water partition coefficient (Wildman–Crippen LogP) is 6.39. The number of fused-ring (bicyclic) bond motifs is 1. The van der Waals surface area contributed by atoms with E-state index in [9.17, 15) is 22.8 Å². The second-order valence-corrected chi connectivity index (χ2v) is 15.8. The van der Waals surface area contributed by atoms with Gasteiger partial charge in [-0.1, -0.05) is 48.5 Å². The number of benzene rings is 2. The zero-order chi connectivity index (χ0) is 36.9. The van der Waals surface area contributed by atoms with Crippen LogP contribution in [0.4, 0.5) is 4.79 Å². The zero-order valence-corrected chi connectivity index (χ0v) is 30.3. The minimum Gasteiger partial charge on any atom is -0.467 e. The van der Waals surface area contributed by atoms with Crippen molar-refractivity contribution < 1.29 is 32.0 Å². The van der Waals surface area contributed by atoms with Gasteiger partial charge in [0.2, 0.25) is 0 Å². The third-order valence-corrected chi connectivity index (χ3v) is 10.6. The number of furan rings is 1. The highest BCUT2D eigenvalue weighted by molar-refractivity contribution is 7.90. The monoisotopic (exact) mass is 739 g/mol. The number of amides is 3. The highest BCUT2D eigenvalue weighted by Crippen LogP contribution is 2.37. The van der Waals surface area contributed by atoms with Gasteiger partial charge in [0, 0.05) is 34.8 Å². The maximum atomic E-state index is 13.9. The van der Waals surface area contributed by atoms with Crippen molar-refractivity contribution >= 4 is 50.3 Å². The molecule has 268 valence electrons. The predicted molar refractivity (Wildman–Crippen MR) is 198 cm³/mol. The lowest BCUT2D eigenvalue weighted by atomic mass is 10.1. The summed E-state index contributed by atoms with van der Waals surface area (Å²) in [4.78, 5) is 45.2. The lowest BCUT2D eigenvalue weighted by Crippen LogP contribution is -2.45. The van der Waals surface area contributed by atoms with Crippen LogP contribution in [0.2, 0.25) is 0 Å². The number of aromatic nitrogens is 2. The van der Waals surface area contributed by atoms with Crippen molar-refractivity contribution in [3.8, 4) is 10.4 Å². The molecular formula is C38H37N5O7S2. The lowest BCUT2D eigenvalue weighted by Gasteiger charge is -2.22. The Kier molecular flexibility index (Phi) is 10.6. The Morgan fingerprint density at radius 3 is 2.33 bits per heavy atom. The minimum atomic E-state index is -4.15. The van der Waals surface area contributed by atoms with Gasteiger partial charge in [-0.05, 0) is 75.2 Å². The first kappa shape index (κ1) is 36.1. The van der Waals surface area contributed by atoms with Crippen LogP contribution in [-0.4, -0.2) is 53.5 Å². The van der Waals surface area contributed by atoms with Crippen molar-refractivity contribution in [1.29, 1.82) is 0 Å². The molecule has 14 heteroatoms. The maximum Gasteiger partial charge on any atom is 0.407 e. The Morgan fingerprint density at radius 1 is 0.904 bits per heavy atom. The summed E-state index contributed by atoms with van der Waals surface area (Å²) in [5.41, 5.74) is 0.949. The van der Waals surface area contributed by atoms with E-state index in [4.69, 9.17) is 9.15 Å². The molecule has 0 saturated heterocycles. The number of hydrogen-bond donors (Lipinski definition) is 3. The molecule has 1 unspecified atom stereocenters. The fourth-order valence-corrected chi connectivity index (χ4v) is 7.80. The van der Waals surface area contributed by atoms with Crippen LogP contribution in [0.25, 0.3) is 21.5 Å². The SMILES string of the molecule is CC(C)(C)OC(=O)NCC(Cc1ccccc1)NC(=O)c1ccc(-c2ccnc3c2c(C(=O)NCc2ccco2)cn3S(=O)(=O)c2ccccc2)s1. The van der Waals surface area contributed by atoms with Crippen LogP contribution in [0.5, 0.6) is 0 Å². The van der Waals surface area contributed by atoms with E-state index in [2.05, 4.69) is 20.9 Å². The van der Waals surface area contributed by atoms with E-state index in [1.165, 1.54) is 42.1 Å². The van der Waals surface area contributed by atoms with E-state index in [1.54, 1.807) is 69.3 Å². The molecule has 2 aromatic carbocycles. The molecule has 1 atom stereocenters. The molecule has 3 N–H and O–H groups in total. The number of thiophene rings is 1. The van der Waals surface area contributed by atoms with Crippen molar-refractivity contribution in [2.45, 2.75) is 50.3 Å². The van der Waals surface area contributed by atoms with E-state index in [0.717, 1.165) is 9.54 Å². The second-order valence-electron chi connectivity index (χ2n) is 12.9. The van der Waals surface area contributed by atoms with Crippen LogP contribution in [-0.2, 0) is 27.7 Å². The third kappa shape index (κ3) is 8.41. The quantitative estimate of drug-likeness (QED) is 0.130. The molecule has 0 aliphatic heterocycles. The van der Waals surface area contributed by atoms with E-state index in [0.29, 0.717) is 32.9 Å². The molecule has 0 aliphatic carbocycles. The van der Waals surface area contributed by atoms with Crippen molar-refractivity contribution in [3.05, 3.63) is 131 Å². The van der Waals surface area contributed by atoms with Gasteiger partial charge in [0.1, 0.15) is 11.4 Å². The number of rotatable bonds is 12. The number of ether oxygens (including phenoxy) is 1. The Balaban J connectivity index is 1.32. The highest BCUT2D eigenvalue weighted by Gasteiger charge is 2.28. The number of pyridine rings is 1. The Morgan fingerprint density at radius 2 is 1.63 bits per heavy atom. The summed E-state index contributed by atoms with van der Waals surface area (Å²) in [6, 6.07) is 25.5. The smallest absolute Gasteiger partial charge is 0.407 e. The number of carbonyl (C=O) groups excluding carboxylic acids is 3. The Hall–Kier alpha value is -5.73. The van der Waals surface area contributed by atoms with Gasteiger partial charge in [0.25, 0.3) is 21.8 Å². The normalized spacial score (nSPS) is 12.3. The zero-order valence-electron chi connectivity index (χ0n) is 28.7. The molecule has 3 amide bonds. The summed E-state index contributed by atoms with van der Waals surface area (Å²) >= 11 is 1.18. The third-order valence-electron chi connectivity index (χ3n) is 7.85. The summed E-state index contributed by atoms with van der Waals surface area (Å²) in [6.07, 6.45) is 4.09. The standard InChI is InChI=1S/C38H37N5O7S2/c1-38(2,3)50-37(46)41-22-26(21-25-11-6-4-7-12-25)42-36(45)32-17-16-31(51-32)29-18-19-39-34-33(29)30(35(44)40-23-27-13-10-20-49-27)24-43(34)52(47,48)28-14-8-5-9-15-28/h4-20,24,26H,21-23H2,1-3H3,(H,40,44)(H,41,46)(H,42,45). The molecule has 0 saturated carbocycles. The summed E-state index contributed by atoms with van der Waals surface area (Å²) < 4.78 is 39.5. The van der Waals surface area contributed by atoms with Crippen molar-refractivity contribution in [3.63, 3.8) is 0 Å². The molecule has 0 fully saturated rings. The van der Waals surface area contributed by atoms with Gasteiger partial charge < -0.3 is 25.1 Å². The highest BCUT2D eigenvalue weighted by atomic mass is 32.2. The van der Waals surface area contributed by atoms with E-state index in [-0.39, 0.29) is 35.1 Å². The molecule has 4 heterocycles. The second kappa shape index (κ2) is 15.3. The first-order valence-corrected chi connectivity index (χ1v) is 18.7. The van der Waals surface area contributed by atoms with Gasteiger partial charge in [-0.15, -0.1) is 11.3 Å².